The fraction of sp³-hybridized carbons (Fsp3) is 0.312. The monoisotopic (exact) mass is 529 g/mol. The molecule has 1 aliphatic heterocycles. The van der Waals surface area contributed by atoms with Crippen LogP contribution in [0.1, 0.15) is 57.2 Å². The van der Waals surface area contributed by atoms with E-state index in [-0.39, 0.29) is 11.3 Å². The summed E-state index contributed by atoms with van der Waals surface area (Å²) in [5, 5.41) is 11.4. The highest BCUT2D eigenvalue weighted by Gasteiger charge is 2.47. The molecule has 0 aliphatic carbocycles. The van der Waals surface area contributed by atoms with Crippen LogP contribution in [-0.2, 0) is 9.59 Å². The maximum absolute atomic E-state index is 13.4. The molecule has 3 aromatic rings. The van der Waals surface area contributed by atoms with Crippen LogP contribution >= 0.6 is 0 Å². The van der Waals surface area contributed by atoms with Gasteiger partial charge in [-0.15, -0.1) is 0 Å². The van der Waals surface area contributed by atoms with Crippen molar-refractivity contribution in [2.75, 3.05) is 24.7 Å². The fourth-order valence-electron chi connectivity index (χ4n) is 4.63. The van der Waals surface area contributed by atoms with Gasteiger partial charge in [-0.25, -0.2) is 0 Å². The molecular formula is C32H35NO6. The third-order valence-electron chi connectivity index (χ3n) is 6.50. The van der Waals surface area contributed by atoms with Gasteiger partial charge in [0, 0.05) is 11.3 Å². The molecule has 4 rings (SSSR count). The molecule has 1 aliphatic rings. The molecule has 0 aromatic heterocycles. The van der Waals surface area contributed by atoms with Gasteiger partial charge in [0.15, 0.2) is 0 Å². The highest BCUT2D eigenvalue weighted by molar-refractivity contribution is 6.51. The number of carbonyl (C=O) groups excluding carboxylic acids is 2. The zero-order chi connectivity index (χ0) is 27.8. The van der Waals surface area contributed by atoms with E-state index in [1.807, 2.05) is 32.0 Å². The molecule has 1 atom stereocenters. The normalized spacial score (nSPS) is 16.4. The van der Waals surface area contributed by atoms with E-state index in [1.54, 1.807) is 54.6 Å². The number of ether oxygens (including phenoxy) is 3. The number of nitrogens with zero attached hydrogens (tertiary/aromatic N) is 1. The van der Waals surface area contributed by atoms with Crippen LogP contribution in [-0.4, -0.2) is 36.6 Å². The SMILES string of the molecule is CCCCCOc1ccc(/C(O)=C2/C(=O)C(=O)N(c3ccc(OCC)cc3)C2c2cccc(OCC)c2)cc1. The predicted octanol–water partition coefficient (Wildman–Crippen LogP) is 6.68. The van der Waals surface area contributed by atoms with Crippen molar-refractivity contribution in [3.63, 3.8) is 0 Å². The van der Waals surface area contributed by atoms with E-state index in [4.69, 9.17) is 14.2 Å². The van der Waals surface area contributed by atoms with E-state index < -0.39 is 17.7 Å². The Morgan fingerprint density at radius 1 is 0.795 bits per heavy atom. The molecule has 204 valence electrons. The number of anilines is 1. The molecule has 0 bridgehead atoms. The lowest BCUT2D eigenvalue weighted by Crippen LogP contribution is -2.29. The molecule has 39 heavy (non-hydrogen) atoms. The van der Waals surface area contributed by atoms with Crippen LogP contribution in [0.2, 0.25) is 0 Å². The Kier molecular flexibility index (Phi) is 9.26. The first kappa shape index (κ1) is 27.8. The van der Waals surface area contributed by atoms with Gasteiger partial charge in [0.05, 0.1) is 31.4 Å². The number of carbonyl (C=O) groups is 2. The Morgan fingerprint density at radius 3 is 2.10 bits per heavy atom. The molecule has 1 unspecified atom stereocenters. The summed E-state index contributed by atoms with van der Waals surface area (Å²) in [5.41, 5.74) is 1.60. The van der Waals surface area contributed by atoms with Crippen molar-refractivity contribution in [2.24, 2.45) is 0 Å². The number of hydrogen-bond acceptors (Lipinski definition) is 6. The summed E-state index contributed by atoms with van der Waals surface area (Å²) in [6, 6.07) is 20.3. The van der Waals surface area contributed by atoms with Crippen molar-refractivity contribution < 1.29 is 28.9 Å². The van der Waals surface area contributed by atoms with Gasteiger partial charge in [-0.2, -0.15) is 0 Å². The molecule has 7 heteroatoms. The topological polar surface area (TPSA) is 85.3 Å². The van der Waals surface area contributed by atoms with E-state index in [0.29, 0.717) is 53.9 Å². The van der Waals surface area contributed by atoms with Crippen LogP contribution in [0.3, 0.4) is 0 Å². The lowest BCUT2D eigenvalue weighted by atomic mass is 9.95. The van der Waals surface area contributed by atoms with Crippen LogP contribution in [0.25, 0.3) is 5.76 Å². The van der Waals surface area contributed by atoms with Gasteiger partial charge in [-0.3, -0.25) is 14.5 Å². The van der Waals surface area contributed by atoms with E-state index in [1.165, 1.54) is 4.90 Å². The summed E-state index contributed by atoms with van der Waals surface area (Å²) in [6.45, 7) is 7.50. The molecular weight excluding hydrogens is 494 g/mol. The highest BCUT2D eigenvalue weighted by Crippen LogP contribution is 2.43. The van der Waals surface area contributed by atoms with Gasteiger partial charge in [-0.1, -0.05) is 31.9 Å². The number of unbranched alkanes of at least 4 members (excludes halogenated alkanes) is 2. The molecule has 1 N–H and O–H groups in total. The summed E-state index contributed by atoms with van der Waals surface area (Å²) in [6.07, 6.45) is 3.17. The number of benzene rings is 3. The average Bonchev–Trinajstić information content (AvgIpc) is 3.22. The minimum Gasteiger partial charge on any atom is -0.507 e. The number of rotatable bonds is 12. The van der Waals surface area contributed by atoms with Gasteiger partial charge < -0.3 is 19.3 Å². The van der Waals surface area contributed by atoms with E-state index >= 15 is 0 Å². The number of Topliss-reactive ketones (excluding diaryl/α,β-unsaturated/α-hetero) is 1. The van der Waals surface area contributed by atoms with Gasteiger partial charge in [0.2, 0.25) is 0 Å². The molecule has 0 radical (unpaired) electrons. The third-order valence-corrected chi connectivity index (χ3v) is 6.50. The Balaban J connectivity index is 1.76. The molecule has 1 fully saturated rings. The molecule has 3 aromatic carbocycles. The van der Waals surface area contributed by atoms with Gasteiger partial charge in [-0.05, 0) is 86.5 Å². The standard InChI is InChI=1S/C32H35NO6/c1-4-7-8-20-39-26-16-12-22(13-17-26)30(34)28-29(23-10-9-11-27(21-23)38-6-3)33(32(36)31(28)35)24-14-18-25(19-15-24)37-5-2/h9-19,21,29,34H,4-8,20H2,1-3H3/b30-28-. The number of ketones is 1. The smallest absolute Gasteiger partial charge is 0.300 e. The zero-order valence-corrected chi connectivity index (χ0v) is 22.7. The molecule has 0 saturated carbocycles. The van der Waals surface area contributed by atoms with Crippen molar-refractivity contribution >= 4 is 23.1 Å². The van der Waals surface area contributed by atoms with E-state index in [0.717, 1.165) is 19.3 Å². The third kappa shape index (κ3) is 6.25. The Labute approximate surface area is 229 Å². The first-order valence-corrected chi connectivity index (χ1v) is 13.5. The van der Waals surface area contributed by atoms with Crippen molar-refractivity contribution in [2.45, 2.75) is 46.1 Å². The second kappa shape index (κ2) is 13.0. The number of aliphatic hydroxyl groups excluding tert-OH is 1. The van der Waals surface area contributed by atoms with Crippen LogP contribution in [0.15, 0.2) is 78.4 Å². The summed E-state index contributed by atoms with van der Waals surface area (Å²) >= 11 is 0. The molecule has 1 amide bonds. The Bertz CT molecular complexity index is 1310. The van der Waals surface area contributed by atoms with Crippen LogP contribution in [0.5, 0.6) is 17.2 Å². The molecule has 0 spiro atoms. The first-order valence-electron chi connectivity index (χ1n) is 13.5. The molecule has 7 nitrogen and oxygen atoms in total. The molecule has 1 saturated heterocycles. The summed E-state index contributed by atoms with van der Waals surface area (Å²) < 4.78 is 17.0. The zero-order valence-electron chi connectivity index (χ0n) is 22.7. The maximum atomic E-state index is 13.4. The summed E-state index contributed by atoms with van der Waals surface area (Å²) in [5.74, 6) is 0.225. The first-order chi connectivity index (χ1) is 19.0. The lowest BCUT2D eigenvalue weighted by molar-refractivity contribution is -0.132. The van der Waals surface area contributed by atoms with E-state index in [2.05, 4.69) is 6.92 Å². The summed E-state index contributed by atoms with van der Waals surface area (Å²) in [7, 11) is 0. The lowest BCUT2D eigenvalue weighted by Gasteiger charge is -2.26. The quantitative estimate of drug-likeness (QED) is 0.122. The Hall–Kier alpha value is -4.26. The van der Waals surface area contributed by atoms with Gasteiger partial charge >= 0.3 is 0 Å². The Morgan fingerprint density at radius 2 is 1.44 bits per heavy atom. The summed E-state index contributed by atoms with van der Waals surface area (Å²) in [4.78, 5) is 28.3. The van der Waals surface area contributed by atoms with Crippen molar-refractivity contribution in [3.8, 4) is 17.2 Å². The predicted molar refractivity (Wildman–Crippen MR) is 151 cm³/mol. The van der Waals surface area contributed by atoms with Gasteiger partial charge in [0.1, 0.15) is 23.0 Å². The average molecular weight is 530 g/mol. The highest BCUT2D eigenvalue weighted by atomic mass is 16.5. The largest absolute Gasteiger partial charge is 0.507 e. The minimum atomic E-state index is -0.853. The number of amides is 1. The maximum Gasteiger partial charge on any atom is 0.300 e. The van der Waals surface area contributed by atoms with Crippen LogP contribution in [0.4, 0.5) is 5.69 Å². The van der Waals surface area contributed by atoms with Crippen molar-refractivity contribution in [1.82, 2.24) is 0 Å². The van der Waals surface area contributed by atoms with E-state index in [9.17, 15) is 14.7 Å². The number of hydrogen-bond donors (Lipinski definition) is 1. The van der Waals surface area contributed by atoms with Crippen LogP contribution in [0, 0.1) is 0 Å². The molecule has 1 heterocycles. The van der Waals surface area contributed by atoms with Crippen molar-refractivity contribution in [3.05, 3.63) is 89.5 Å². The number of aliphatic hydroxyl groups is 1. The van der Waals surface area contributed by atoms with Gasteiger partial charge in [0.25, 0.3) is 11.7 Å². The van der Waals surface area contributed by atoms with Crippen LogP contribution < -0.4 is 19.1 Å². The second-order valence-electron chi connectivity index (χ2n) is 9.18. The fourth-order valence-corrected chi connectivity index (χ4v) is 4.63. The van der Waals surface area contributed by atoms with Crippen molar-refractivity contribution in [1.29, 1.82) is 0 Å². The second-order valence-corrected chi connectivity index (χ2v) is 9.18. The minimum absolute atomic E-state index is 0.0131.